The van der Waals surface area contributed by atoms with E-state index in [0.717, 1.165) is 23.3 Å². The van der Waals surface area contributed by atoms with Gasteiger partial charge in [-0.1, -0.05) is 24.3 Å². The van der Waals surface area contributed by atoms with Crippen LogP contribution in [0.4, 0.5) is 4.39 Å². The van der Waals surface area contributed by atoms with Gasteiger partial charge in [0.15, 0.2) is 0 Å². The van der Waals surface area contributed by atoms with Gasteiger partial charge < -0.3 is 15.7 Å². The average molecular weight is 288 g/mol. The van der Waals surface area contributed by atoms with E-state index in [2.05, 4.69) is 0 Å². The number of nitrogens with two attached hydrogens (primary N) is 1. The van der Waals surface area contributed by atoms with Crippen molar-refractivity contribution in [1.29, 1.82) is 0 Å². The maximum absolute atomic E-state index is 12.9. The molecule has 0 heterocycles. The monoisotopic (exact) mass is 288 g/mol. The van der Waals surface area contributed by atoms with Crippen LogP contribution in [-0.4, -0.2) is 23.0 Å². The van der Waals surface area contributed by atoms with Gasteiger partial charge in [0.1, 0.15) is 11.6 Å². The van der Waals surface area contributed by atoms with Gasteiger partial charge in [0, 0.05) is 26.2 Å². The predicted octanol–water partition coefficient (Wildman–Crippen LogP) is 2.26. The number of hydrogen-bond acceptors (Lipinski definition) is 3. The summed E-state index contributed by atoms with van der Waals surface area (Å²) in [6.45, 7) is 0.813. The molecule has 0 spiro atoms. The molecule has 0 bridgehead atoms. The maximum atomic E-state index is 12.9. The Hall–Kier alpha value is -2.40. The molecule has 2 aromatic carbocycles. The van der Waals surface area contributed by atoms with Gasteiger partial charge in [0.2, 0.25) is 0 Å². The number of phenols is 1. The van der Waals surface area contributed by atoms with Gasteiger partial charge in [-0.2, -0.15) is 0 Å². The highest BCUT2D eigenvalue weighted by Gasteiger charge is 2.16. The van der Waals surface area contributed by atoms with Crippen molar-refractivity contribution in [2.75, 3.05) is 7.05 Å². The van der Waals surface area contributed by atoms with E-state index in [0.29, 0.717) is 13.1 Å². The second-order valence-corrected chi connectivity index (χ2v) is 4.85. The second kappa shape index (κ2) is 6.37. The second-order valence-electron chi connectivity index (χ2n) is 4.85. The molecule has 0 saturated heterocycles. The lowest BCUT2D eigenvalue weighted by molar-refractivity contribution is 0.0782. The molecule has 0 aliphatic rings. The number of nitrogens with zero attached hydrogens (tertiary/aromatic N) is 1. The van der Waals surface area contributed by atoms with E-state index in [1.165, 1.54) is 11.0 Å². The van der Waals surface area contributed by atoms with E-state index < -0.39 is 5.82 Å². The summed E-state index contributed by atoms with van der Waals surface area (Å²) in [5.74, 6) is -1.31. The van der Waals surface area contributed by atoms with Crippen molar-refractivity contribution in [3.63, 3.8) is 0 Å². The third-order valence-corrected chi connectivity index (χ3v) is 3.18. The Morgan fingerprint density at radius 3 is 2.62 bits per heavy atom. The van der Waals surface area contributed by atoms with E-state index in [9.17, 15) is 14.3 Å². The molecule has 0 aromatic heterocycles. The molecule has 110 valence electrons. The van der Waals surface area contributed by atoms with Crippen LogP contribution in [0.2, 0.25) is 0 Å². The molecular weight excluding hydrogens is 271 g/mol. The summed E-state index contributed by atoms with van der Waals surface area (Å²) < 4.78 is 12.9. The van der Waals surface area contributed by atoms with Crippen molar-refractivity contribution in [3.05, 3.63) is 65.0 Å². The third kappa shape index (κ3) is 3.58. The standard InChI is InChI=1S/C16H17FN2O2/c1-19(10-12-4-2-3-11(7-12)9-18)16(21)14-6-5-13(17)8-15(14)20/h2-8,20H,9-10,18H2,1H3. The van der Waals surface area contributed by atoms with Gasteiger partial charge in [-0.3, -0.25) is 4.79 Å². The topological polar surface area (TPSA) is 66.6 Å². The summed E-state index contributed by atoms with van der Waals surface area (Å²) in [5.41, 5.74) is 7.59. The molecule has 1 amide bonds. The Bertz CT molecular complexity index is 658. The van der Waals surface area contributed by atoms with Crippen molar-refractivity contribution in [1.82, 2.24) is 4.90 Å². The Balaban J connectivity index is 2.15. The Morgan fingerprint density at radius 1 is 1.24 bits per heavy atom. The molecule has 0 unspecified atom stereocenters. The van der Waals surface area contributed by atoms with E-state index in [1.807, 2.05) is 24.3 Å². The molecular formula is C16H17FN2O2. The Kier molecular flexibility index (Phi) is 4.55. The zero-order chi connectivity index (χ0) is 15.4. The quantitative estimate of drug-likeness (QED) is 0.907. The van der Waals surface area contributed by atoms with Crippen molar-refractivity contribution in [2.24, 2.45) is 5.73 Å². The van der Waals surface area contributed by atoms with E-state index in [4.69, 9.17) is 5.73 Å². The molecule has 0 atom stereocenters. The van der Waals surface area contributed by atoms with Crippen molar-refractivity contribution < 1.29 is 14.3 Å². The minimum absolute atomic E-state index is 0.0777. The molecule has 0 radical (unpaired) electrons. The number of aromatic hydroxyl groups is 1. The SMILES string of the molecule is CN(Cc1cccc(CN)c1)C(=O)c1ccc(F)cc1O. The first-order valence-corrected chi connectivity index (χ1v) is 6.53. The summed E-state index contributed by atoms with van der Waals surface area (Å²) in [7, 11) is 1.63. The lowest BCUT2D eigenvalue weighted by atomic mass is 10.1. The van der Waals surface area contributed by atoms with Gasteiger partial charge in [-0.15, -0.1) is 0 Å². The van der Waals surface area contributed by atoms with Crippen LogP contribution in [0.25, 0.3) is 0 Å². The summed E-state index contributed by atoms with van der Waals surface area (Å²) in [6.07, 6.45) is 0. The van der Waals surface area contributed by atoms with Gasteiger partial charge in [-0.25, -0.2) is 4.39 Å². The van der Waals surface area contributed by atoms with E-state index in [-0.39, 0.29) is 17.2 Å². The van der Waals surface area contributed by atoms with Crippen LogP contribution < -0.4 is 5.73 Å². The number of halogens is 1. The van der Waals surface area contributed by atoms with Crippen LogP contribution in [0.15, 0.2) is 42.5 Å². The van der Waals surface area contributed by atoms with Crippen molar-refractivity contribution in [2.45, 2.75) is 13.1 Å². The Labute approximate surface area is 122 Å². The van der Waals surface area contributed by atoms with Crippen molar-refractivity contribution in [3.8, 4) is 5.75 Å². The lowest BCUT2D eigenvalue weighted by Crippen LogP contribution is -2.26. The maximum Gasteiger partial charge on any atom is 0.257 e. The highest BCUT2D eigenvalue weighted by atomic mass is 19.1. The van der Waals surface area contributed by atoms with Crippen LogP contribution in [0.1, 0.15) is 21.5 Å². The molecule has 0 fully saturated rings. The number of carbonyl (C=O) groups is 1. The van der Waals surface area contributed by atoms with Crippen LogP contribution in [0.3, 0.4) is 0 Å². The van der Waals surface area contributed by atoms with Gasteiger partial charge >= 0.3 is 0 Å². The first kappa shape index (κ1) is 15.0. The van der Waals surface area contributed by atoms with Gasteiger partial charge in [0.25, 0.3) is 5.91 Å². The average Bonchev–Trinajstić information content (AvgIpc) is 2.46. The zero-order valence-electron chi connectivity index (χ0n) is 11.7. The smallest absolute Gasteiger partial charge is 0.257 e. The largest absolute Gasteiger partial charge is 0.507 e. The molecule has 2 rings (SSSR count). The molecule has 2 aromatic rings. The number of rotatable bonds is 4. The first-order chi connectivity index (χ1) is 10.0. The molecule has 0 aliphatic carbocycles. The van der Waals surface area contributed by atoms with Crippen LogP contribution in [-0.2, 0) is 13.1 Å². The lowest BCUT2D eigenvalue weighted by Gasteiger charge is -2.18. The first-order valence-electron chi connectivity index (χ1n) is 6.53. The van der Waals surface area contributed by atoms with Crippen molar-refractivity contribution >= 4 is 5.91 Å². The number of carbonyl (C=O) groups excluding carboxylic acids is 1. The molecule has 3 N–H and O–H groups in total. The number of hydrogen-bond donors (Lipinski definition) is 2. The normalized spacial score (nSPS) is 10.4. The van der Waals surface area contributed by atoms with Crippen LogP contribution >= 0.6 is 0 Å². The number of benzene rings is 2. The van der Waals surface area contributed by atoms with Gasteiger partial charge in [-0.05, 0) is 23.3 Å². The summed E-state index contributed by atoms with van der Waals surface area (Å²) >= 11 is 0. The molecule has 0 saturated carbocycles. The summed E-state index contributed by atoms with van der Waals surface area (Å²) in [5, 5.41) is 9.65. The van der Waals surface area contributed by atoms with Crippen LogP contribution in [0, 0.1) is 5.82 Å². The highest BCUT2D eigenvalue weighted by molar-refractivity contribution is 5.96. The summed E-state index contributed by atoms with van der Waals surface area (Å²) in [4.78, 5) is 13.7. The number of amides is 1. The predicted molar refractivity (Wildman–Crippen MR) is 78.2 cm³/mol. The third-order valence-electron chi connectivity index (χ3n) is 3.18. The minimum Gasteiger partial charge on any atom is -0.507 e. The minimum atomic E-state index is -0.581. The fourth-order valence-electron chi connectivity index (χ4n) is 2.09. The highest BCUT2D eigenvalue weighted by Crippen LogP contribution is 2.20. The van der Waals surface area contributed by atoms with E-state index in [1.54, 1.807) is 7.05 Å². The summed E-state index contributed by atoms with van der Waals surface area (Å²) in [6, 6.07) is 11.0. The number of phenolic OH excluding ortho intramolecular Hbond substituents is 1. The molecule has 5 heteroatoms. The molecule has 21 heavy (non-hydrogen) atoms. The van der Waals surface area contributed by atoms with Gasteiger partial charge in [0.05, 0.1) is 5.56 Å². The molecule has 0 aliphatic heterocycles. The molecule has 4 nitrogen and oxygen atoms in total. The fraction of sp³-hybridized carbons (Fsp3) is 0.188. The van der Waals surface area contributed by atoms with E-state index >= 15 is 0 Å². The fourth-order valence-corrected chi connectivity index (χ4v) is 2.09. The van der Waals surface area contributed by atoms with Crippen LogP contribution in [0.5, 0.6) is 5.75 Å². The Morgan fingerprint density at radius 2 is 1.95 bits per heavy atom. The zero-order valence-corrected chi connectivity index (χ0v) is 11.7.